The monoisotopic (exact) mass is 507 g/mol. The molecule has 2 atom stereocenters. The molecule has 2 fully saturated rings. The van der Waals surface area contributed by atoms with Crippen molar-refractivity contribution in [2.24, 2.45) is 5.41 Å². The quantitative estimate of drug-likeness (QED) is 0.462. The average Bonchev–Trinajstić information content (AvgIpc) is 2.91. The number of hydrogen-bond acceptors (Lipinski definition) is 8. The van der Waals surface area contributed by atoms with Crippen molar-refractivity contribution in [2.75, 3.05) is 32.9 Å². The molecular formula is C18H26IN3O6. The van der Waals surface area contributed by atoms with Crippen LogP contribution in [0, 0.1) is 9.12 Å². The summed E-state index contributed by atoms with van der Waals surface area (Å²) in [5.74, 6) is -0.203. The highest BCUT2D eigenvalue weighted by molar-refractivity contribution is 14.1. The van der Waals surface area contributed by atoms with Crippen LogP contribution in [-0.4, -0.2) is 66.5 Å². The van der Waals surface area contributed by atoms with E-state index in [2.05, 4.69) is 15.2 Å². The number of amides is 1. The Bertz CT molecular complexity index is 719. The van der Waals surface area contributed by atoms with Gasteiger partial charge in [-0.15, -0.1) is 0 Å². The van der Waals surface area contributed by atoms with Gasteiger partial charge in [0.2, 0.25) is 5.89 Å². The molecule has 1 spiro atoms. The van der Waals surface area contributed by atoms with E-state index in [1.54, 1.807) is 27.7 Å². The average molecular weight is 507 g/mol. The van der Waals surface area contributed by atoms with Gasteiger partial charge in [-0.1, -0.05) is 0 Å². The van der Waals surface area contributed by atoms with E-state index in [1.807, 2.05) is 22.6 Å². The van der Waals surface area contributed by atoms with E-state index in [0.717, 1.165) is 13.1 Å². The highest BCUT2D eigenvalue weighted by Crippen LogP contribution is 2.43. The highest BCUT2D eigenvalue weighted by Gasteiger charge is 2.54. The topological polar surface area (TPSA) is 103 Å². The van der Waals surface area contributed by atoms with Gasteiger partial charge in [0.25, 0.3) is 0 Å². The maximum Gasteiger partial charge on any atom is 0.408 e. The molecule has 0 saturated carbocycles. The van der Waals surface area contributed by atoms with Crippen molar-refractivity contribution in [1.29, 1.82) is 0 Å². The third-order valence-electron chi connectivity index (χ3n) is 4.56. The summed E-state index contributed by atoms with van der Waals surface area (Å²) in [7, 11) is 0. The Labute approximate surface area is 177 Å². The molecule has 0 aliphatic carbocycles. The minimum atomic E-state index is -1.01. The Morgan fingerprint density at radius 2 is 2.07 bits per heavy atom. The molecule has 1 aromatic heterocycles. The van der Waals surface area contributed by atoms with Gasteiger partial charge in [0.05, 0.1) is 19.8 Å². The Kier molecular flexibility index (Phi) is 6.20. The van der Waals surface area contributed by atoms with Crippen LogP contribution >= 0.6 is 22.6 Å². The van der Waals surface area contributed by atoms with Crippen molar-refractivity contribution >= 4 is 34.7 Å². The van der Waals surface area contributed by atoms with Gasteiger partial charge in [0, 0.05) is 18.5 Å². The number of oxazole rings is 1. The molecule has 0 radical (unpaired) electrons. The normalized spacial score (nSPS) is 20.6. The zero-order valence-electron chi connectivity index (χ0n) is 16.5. The number of nitrogens with one attached hydrogen (secondary N) is 1. The number of aromatic nitrogens is 1. The van der Waals surface area contributed by atoms with Crippen molar-refractivity contribution < 1.29 is 28.2 Å². The highest BCUT2D eigenvalue weighted by atomic mass is 127. The van der Waals surface area contributed by atoms with Crippen LogP contribution in [0.15, 0.2) is 10.7 Å². The summed E-state index contributed by atoms with van der Waals surface area (Å²) >= 11 is 2.04. The van der Waals surface area contributed by atoms with Crippen LogP contribution in [0.5, 0.6) is 0 Å². The van der Waals surface area contributed by atoms with Gasteiger partial charge in [0.1, 0.15) is 21.6 Å². The van der Waals surface area contributed by atoms with E-state index < -0.39 is 29.7 Å². The Morgan fingerprint density at radius 1 is 1.39 bits per heavy atom. The van der Waals surface area contributed by atoms with Crippen LogP contribution in [-0.2, 0) is 19.0 Å². The lowest BCUT2D eigenvalue weighted by Crippen LogP contribution is -2.68. The number of rotatable bonds is 6. The van der Waals surface area contributed by atoms with Gasteiger partial charge in [-0.2, -0.15) is 0 Å². The number of ether oxygens (including phenoxy) is 3. The maximum atomic E-state index is 12.7. The van der Waals surface area contributed by atoms with Gasteiger partial charge in [-0.3, -0.25) is 4.90 Å². The predicted molar refractivity (Wildman–Crippen MR) is 107 cm³/mol. The van der Waals surface area contributed by atoms with Crippen molar-refractivity contribution in [1.82, 2.24) is 15.2 Å². The Hall–Kier alpha value is -1.40. The minimum absolute atomic E-state index is 0.114. The van der Waals surface area contributed by atoms with Gasteiger partial charge in [-0.25, -0.2) is 14.6 Å². The van der Waals surface area contributed by atoms with Crippen molar-refractivity contribution in [3.63, 3.8) is 0 Å². The standard InChI is InChI=1S/C18H26IN3O6/c1-5-26-15(23)12(21-16(24)28-17(2,3)4)13(14-20-11(19)6-27-14)22-7-18(8-22)9-25-10-18/h6,12-13H,5,7-10H2,1-4H3,(H,21,24)/t12-,13-/m0/s1. The van der Waals surface area contributed by atoms with Crippen LogP contribution in [0.25, 0.3) is 0 Å². The first-order valence-electron chi connectivity index (χ1n) is 9.21. The number of esters is 1. The van der Waals surface area contributed by atoms with Gasteiger partial charge in [-0.05, 0) is 50.3 Å². The molecular weight excluding hydrogens is 481 g/mol. The number of hydrogen-bond donors (Lipinski definition) is 1. The largest absolute Gasteiger partial charge is 0.464 e. The fraction of sp³-hybridized carbons (Fsp3) is 0.722. The first kappa shape index (κ1) is 21.3. The summed E-state index contributed by atoms with van der Waals surface area (Å²) in [4.78, 5) is 31.6. The van der Waals surface area contributed by atoms with Gasteiger partial charge < -0.3 is 23.9 Å². The smallest absolute Gasteiger partial charge is 0.408 e. The molecule has 0 unspecified atom stereocenters. The summed E-state index contributed by atoms with van der Waals surface area (Å²) in [6, 6.07) is -1.61. The third kappa shape index (κ3) is 4.77. The second-order valence-corrected chi connectivity index (χ2v) is 9.33. The van der Waals surface area contributed by atoms with Crippen LogP contribution in [0.4, 0.5) is 4.79 Å². The van der Waals surface area contributed by atoms with Gasteiger partial charge in [0.15, 0.2) is 6.04 Å². The molecule has 0 aromatic carbocycles. The van der Waals surface area contributed by atoms with Crippen LogP contribution < -0.4 is 5.32 Å². The van der Waals surface area contributed by atoms with Crippen molar-refractivity contribution in [3.05, 3.63) is 15.9 Å². The van der Waals surface area contributed by atoms with Crippen molar-refractivity contribution in [3.8, 4) is 0 Å². The lowest BCUT2D eigenvalue weighted by atomic mass is 9.76. The molecule has 28 heavy (non-hydrogen) atoms. The zero-order valence-corrected chi connectivity index (χ0v) is 18.6. The van der Waals surface area contributed by atoms with E-state index in [-0.39, 0.29) is 12.0 Å². The molecule has 3 rings (SSSR count). The first-order valence-corrected chi connectivity index (χ1v) is 10.3. The number of alkyl carbamates (subject to hydrolysis) is 1. The molecule has 3 heterocycles. The summed E-state index contributed by atoms with van der Waals surface area (Å²) < 4.78 is 22.2. The SMILES string of the molecule is CCOC(=O)[C@@H](NC(=O)OC(C)(C)C)[C@@H](c1nc(I)co1)N1CC2(COC2)C1. The number of halogens is 1. The fourth-order valence-electron chi connectivity index (χ4n) is 3.43. The molecule has 1 amide bonds. The fourth-order valence-corrected chi connectivity index (χ4v) is 3.80. The number of carbonyl (C=O) groups excluding carboxylic acids is 2. The van der Waals surface area contributed by atoms with Gasteiger partial charge >= 0.3 is 12.1 Å². The zero-order chi connectivity index (χ0) is 20.5. The molecule has 1 aromatic rings. The van der Waals surface area contributed by atoms with E-state index in [0.29, 0.717) is 22.8 Å². The summed E-state index contributed by atoms with van der Waals surface area (Å²) in [6.45, 7) is 10.0. The molecule has 156 valence electrons. The Morgan fingerprint density at radius 3 is 2.54 bits per heavy atom. The van der Waals surface area contributed by atoms with E-state index in [4.69, 9.17) is 18.6 Å². The van der Waals surface area contributed by atoms with Crippen LogP contribution in [0.1, 0.15) is 39.6 Å². The molecule has 0 bridgehead atoms. The number of nitrogens with zero attached hydrogens (tertiary/aromatic N) is 2. The lowest BCUT2D eigenvalue weighted by Gasteiger charge is -2.57. The van der Waals surface area contributed by atoms with E-state index in [9.17, 15) is 9.59 Å². The molecule has 2 saturated heterocycles. The lowest BCUT2D eigenvalue weighted by molar-refractivity contribution is -0.204. The second kappa shape index (κ2) is 8.15. The molecule has 10 heteroatoms. The minimum Gasteiger partial charge on any atom is -0.464 e. The van der Waals surface area contributed by atoms with Crippen LogP contribution in [0.2, 0.25) is 0 Å². The molecule has 9 nitrogen and oxygen atoms in total. The Balaban J connectivity index is 1.84. The third-order valence-corrected chi connectivity index (χ3v) is 5.06. The maximum absolute atomic E-state index is 12.7. The first-order chi connectivity index (χ1) is 13.1. The molecule has 2 aliphatic rings. The second-order valence-electron chi connectivity index (χ2n) is 8.23. The summed E-state index contributed by atoms with van der Waals surface area (Å²) in [6.07, 6.45) is 0.819. The number of carbonyl (C=O) groups is 2. The van der Waals surface area contributed by atoms with Crippen LogP contribution in [0.3, 0.4) is 0 Å². The van der Waals surface area contributed by atoms with E-state index in [1.165, 1.54) is 6.26 Å². The predicted octanol–water partition coefficient (Wildman–Crippen LogP) is 2.11. The van der Waals surface area contributed by atoms with E-state index >= 15 is 0 Å². The van der Waals surface area contributed by atoms with Crippen molar-refractivity contribution in [2.45, 2.75) is 45.4 Å². The summed E-state index contributed by atoms with van der Waals surface area (Å²) in [5, 5.41) is 2.67. The molecule has 1 N–H and O–H groups in total. The molecule has 2 aliphatic heterocycles. The summed E-state index contributed by atoms with van der Waals surface area (Å²) in [5.41, 5.74) is -0.579. The number of likely N-dealkylation sites (tertiary alicyclic amines) is 1.